The van der Waals surface area contributed by atoms with E-state index in [0.29, 0.717) is 21.8 Å². The number of nitrogen functional groups attached to an aromatic ring is 1. The van der Waals surface area contributed by atoms with Crippen molar-refractivity contribution in [2.45, 2.75) is 36.4 Å². The Morgan fingerprint density at radius 1 is 1.24 bits per heavy atom. The first-order valence-corrected chi connectivity index (χ1v) is 6.99. The molecule has 0 bridgehead atoms. The molecule has 9 heteroatoms. The summed E-state index contributed by atoms with van der Waals surface area (Å²) in [5.41, 5.74) is 3.93. The zero-order valence-electron chi connectivity index (χ0n) is 12.2. The van der Waals surface area contributed by atoms with Crippen molar-refractivity contribution in [2.24, 2.45) is 7.05 Å². The highest BCUT2D eigenvalue weighted by Gasteiger charge is 2.19. The van der Waals surface area contributed by atoms with Gasteiger partial charge in [0, 0.05) is 18.5 Å². The molecule has 0 aliphatic carbocycles. The number of anilines is 1. The molecule has 21 heavy (non-hydrogen) atoms. The lowest BCUT2D eigenvalue weighted by atomic mass is 9.96. The predicted molar refractivity (Wildman–Crippen MR) is 79.4 cm³/mol. The summed E-state index contributed by atoms with van der Waals surface area (Å²) in [6, 6.07) is 1.59. The van der Waals surface area contributed by atoms with Gasteiger partial charge in [0.15, 0.2) is 5.16 Å². The molecule has 0 aliphatic rings. The van der Waals surface area contributed by atoms with Gasteiger partial charge in [-0.3, -0.25) is 19.4 Å². The zero-order valence-corrected chi connectivity index (χ0v) is 13.0. The zero-order chi connectivity index (χ0) is 15.8. The van der Waals surface area contributed by atoms with E-state index in [2.05, 4.69) is 20.1 Å². The van der Waals surface area contributed by atoms with E-state index in [0.717, 1.165) is 11.8 Å². The molecule has 2 aromatic heterocycles. The summed E-state index contributed by atoms with van der Waals surface area (Å²) in [4.78, 5) is 34.9. The van der Waals surface area contributed by atoms with E-state index in [4.69, 9.17) is 5.73 Å². The minimum atomic E-state index is -0.839. The average molecular weight is 308 g/mol. The molecular weight excluding hydrogens is 292 g/mol. The molecule has 0 unspecified atom stereocenters. The largest absolute Gasteiger partial charge is 0.384 e. The van der Waals surface area contributed by atoms with Crippen LogP contribution < -0.4 is 16.9 Å². The summed E-state index contributed by atoms with van der Waals surface area (Å²) in [5, 5.41) is 3.25. The summed E-state index contributed by atoms with van der Waals surface area (Å²) in [6.45, 7) is 5.93. The monoisotopic (exact) mass is 308 g/mol. The van der Waals surface area contributed by atoms with Gasteiger partial charge in [0.1, 0.15) is 16.7 Å². The van der Waals surface area contributed by atoms with Gasteiger partial charge in [-0.25, -0.2) is 9.97 Å². The maximum absolute atomic E-state index is 11.3. The van der Waals surface area contributed by atoms with Gasteiger partial charge in [0.05, 0.1) is 0 Å². The van der Waals surface area contributed by atoms with Crippen LogP contribution in [0.25, 0.3) is 0 Å². The van der Waals surface area contributed by atoms with Crippen LogP contribution in [0.2, 0.25) is 0 Å². The van der Waals surface area contributed by atoms with Crippen LogP contribution in [0, 0.1) is 0 Å². The lowest BCUT2D eigenvalue weighted by Crippen LogP contribution is -2.33. The van der Waals surface area contributed by atoms with Crippen molar-refractivity contribution in [3.8, 4) is 0 Å². The van der Waals surface area contributed by atoms with E-state index < -0.39 is 11.1 Å². The molecule has 0 aliphatic heterocycles. The molecule has 0 saturated heterocycles. The fourth-order valence-corrected chi connectivity index (χ4v) is 2.29. The second-order valence-corrected chi connectivity index (χ2v) is 6.49. The lowest BCUT2D eigenvalue weighted by molar-refractivity contribution is 0.539. The van der Waals surface area contributed by atoms with Crippen LogP contribution in [-0.4, -0.2) is 24.7 Å². The van der Waals surface area contributed by atoms with Gasteiger partial charge < -0.3 is 5.73 Å². The molecular formula is C12H16N6O2S. The van der Waals surface area contributed by atoms with Crippen LogP contribution in [0.1, 0.15) is 26.6 Å². The Morgan fingerprint density at radius 3 is 2.52 bits per heavy atom. The molecule has 0 amide bonds. The Kier molecular flexibility index (Phi) is 3.86. The third-order valence-corrected chi connectivity index (χ3v) is 3.50. The number of hydrogen-bond acceptors (Lipinski definition) is 7. The highest BCUT2D eigenvalue weighted by molar-refractivity contribution is 7.99. The minimum absolute atomic E-state index is 0.255. The van der Waals surface area contributed by atoms with Crippen LogP contribution in [0.5, 0.6) is 0 Å². The fourth-order valence-electron chi connectivity index (χ4n) is 1.48. The SMILES string of the molecule is Cn1[nH]c(=O)c(=O)nc1Sc1cc(N)nc(C(C)(C)C)n1. The number of rotatable bonds is 2. The number of H-pyrrole nitrogens is 1. The summed E-state index contributed by atoms with van der Waals surface area (Å²) >= 11 is 1.13. The quantitative estimate of drug-likeness (QED) is 0.604. The summed E-state index contributed by atoms with van der Waals surface area (Å²) in [5.74, 6) is 0.936. The van der Waals surface area contributed by atoms with Gasteiger partial charge in [-0.1, -0.05) is 20.8 Å². The van der Waals surface area contributed by atoms with Crippen molar-refractivity contribution in [1.29, 1.82) is 0 Å². The highest BCUT2D eigenvalue weighted by atomic mass is 32.2. The standard InChI is InChI=1S/C12H16N6O2S/c1-12(2,3)10-14-6(13)5-7(15-10)21-11-16-8(19)9(20)17-18(11)4/h5H,1-4H3,(H,17,20)(H2,13,14,15). The van der Waals surface area contributed by atoms with Crippen LogP contribution in [-0.2, 0) is 12.5 Å². The first kappa shape index (κ1) is 15.2. The number of aromatic nitrogens is 5. The van der Waals surface area contributed by atoms with Crippen molar-refractivity contribution in [3.63, 3.8) is 0 Å². The molecule has 0 spiro atoms. The first-order valence-electron chi connectivity index (χ1n) is 6.17. The summed E-state index contributed by atoms with van der Waals surface area (Å²) in [6.07, 6.45) is 0. The van der Waals surface area contributed by atoms with Crippen LogP contribution in [0.3, 0.4) is 0 Å². The molecule has 0 aromatic carbocycles. The number of nitrogens with one attached hydrogen (secondary N) is 1. The third kappa shape index (κ3) is 3.48. The highest BCUT2D eigenvalue weighted by Crippen LogP contribution is 2.27. The molecule has 0 fully saturated rings. The third-order valence-electron chi connectivity index (χ3n) is 2.54. The second kappa shape index (κ2) is 5.32. The van der Waals surface area contributed by atoms with Crippen molar-refractivity contribution < 1.29 is 0 Å². The van der Waals surface area contributed by atoms with Crippen LogP contribution in [0.15, 0.2) is 25.8 Å². The van der Waals surface area contributed by atoms with Crippen molar-refractivity contribution in [3.05, 3.63) is 32.6 Å². The lowest BCUT2D eigenvalue weighted by Gasteiger charge is -2.17. The van der Waals surface area contributed by atoms with Gasteiger partial charge in [-0.05, 0) is 11.8 Å². The number of aromatic amines is 1. The van der Waals surface area contributed by atoms with E-state index in [-0.39, 0.29) is 5.41 Å². The van der Waals surface area contributed by atoms with E-state index in [1.165, 1.54) is 4.68 Å². The Bertz CT molecular complexity index is 790. The molecule has 8 nitrogen and oxygen atoms in total. The average Bonchev–Trinajstić information content (AvgIpc) is 2.34. The van der Waals surface area contributed by atoms with E-state index in [1.807, 2.05) is 20.8 Å². The number of nitrogens with zero attached hydrogens (tertiary/aromatic N) is 4. The molecule has 0 atom stereocenters. The number of hydrogen-bond donors (Lipinski definition) is 2. The van der Waals surface area contributed by atoms with Crippen LogP contribution in [0.4, 0.5) is 5.82 Å². The van der Waals surface area contributed by atoms with Gasteiger partial charge in [-0.2, -0.15) is 4.98 Å². The Hall–Kier alpha value is -2.16. The molecule has 0 saturated carbocycles. The summed E-state index contributed by atoms with van der Waals surface area (Å²) in [7, 11) is 1.59. The van der Waals surface area contributed by atoms with Crippen molar-refractivity contribution in [1.82, 2.24) is 24.7 Å². The predicted octanol–water partition coefficient (Wildman–Crippen LogP) is 0.289. The Labute approximate surface area is 124 Å². The molecule has 2 aromatic rings. The maximum atomic E-state index is 11.3. The van der Waals surface area contributed by atoms with Gasteiger partial charge in [0.2, 0.25) is 0 Å². The molecule has 2 heterocycles. The van der Waals surface area contributed by atoms with Gasteiger partial charge in [-0.15, -0.1) is 0 Å². The molecule has 2 rings (SSSR count). The topological polar surface area (TPSA) is 120 Å². The first-order chi connectivity index (χ1) is 9.66. The van der Waals surface area contributed by atoms with Crippen molar-refractivity contribution >= 4 is 17.6 Å². The van der Waals surface area contributed by atoms with E-state index in [9.17, 15) is 9.59 Å². The molecule has 3 N–H and O–H groups in total. The smallest absolute Gasteiger partial charge is 0.339 e. The van der Waals surface area contributed by atoms with Gasteiger partial charge in [0.25, 0.3) is 0 Å². The van der Waals surface area contributed by atoms with Crippen LogP contribution >= 0.6 is 11.8 Å². The molecule has 112 valence electrons. The number of nitrogens with two attached hydrogens (primary N) is 1. The minimum Gasteiger partial charge on any atom is -0.384 e. The normalized spacial score (nSPS) is 11.6. The fraction of sp³-hybridized carbons (Fsp3) is 0.417. The van der Waals surface area contributed by atoms with E-state index >= 15 is 0 Å². The number of aryl methyl sites for hydroxylation is 1. The van der Waals surface area contributed by atoms with Gasteiger partial charge >= 0.3 is 11.1 Å². The molecule has 0 radical (unpaired) electrons. The Morgan fingerprint density at radius 2 is 1.90 bits per heavy atom. The van der Waals surface area contributed by atoms with E-state index in [1.54, 1.807) is 13.1 Å². The summed E-state index contributed by atoms with van der Waals surface area (Å²) < 4.78 is 1.36. The maximum Gasteiger partial charge on any atom is 0.339 e. The second-order valence-electron chi connectivity index (χ2n) is 5.51. The van der Waals surface area contributed by atoms with Crippen molar-refractivity contribution in [2.75, 3.05) is 5.73 Å². The Balaban J connectivity index is 2.45.